The Morgan fingerprint density at radius 2 is 1.72 bits per heavy atom. The van der Waals surface area contributed by atoms with Gasteiger partial charge in [-0.2, -0.15) is 11.8 Å². The van der Waals surface area contributed by atoms with Gasteiger partial charge in [0.25, 0.3) is 0 Å². The highest BCUT2D eigenvalue weighted by Crippen LogP contribution is 2.09. The van der Waals surface area contributed by atoms with Gasteiger partial charge < -0.3 is 14.8 Å². The van der Waals surface area contributed by atoms with Crippen LogP contribution in [0.25, 0.3) is 0 Å². The molecule has 0 bridgehead atoms. The molecule has 0 aliphatic carbocycles. The molecule has 0 heterocycles. The van der Waals surface area contributed by atoms with Crippen LogP contribution in [0.5, 0.6) is 0 Å². The van der Waals surface area contributed by atoms with Crippen LogP contribution in [0.4, 0.5) is 4.79 Å². The molecule has 0 saturated heterocycles. The van der Waals surface area contributed by atoms with E-state index < -0.39 is 18.1 Å². The second-order valence-electron chi connectivity index (χ2n) is 5.90. The van der Waals surface area contributed by atoms with Crippen LogP contribution in [0.2, 0.25) is 0 Å². The van der Waals surface area contributed by atoms with E-state index in [1.807, 2.05) is 6.26 Å². The highest BCUT2D eigenvalue weighted by molar-refractivity contribution is 7.98. The third-order valence-electron chi connectivity index (χ3n) is 3.72. The van der Waals surface area contributed by atoms with Crippen molar-refractivity contribution < 1.29 is 19.1 Å². The second-order valence-corrected chi connectivity index (χ2v) is 6.89. The fourth-order valence-electron chi connectivity index (χ4n) is 2.29. The average Bonchev–Trinajstić information content (AvgIpc) is 2.61. The number of terminal acetylenes is 1. The summed E-state index contributed by atoms with van der Waals surface area (Å²) >= 11 is 1.60. The Morgan fingerprint density at radius 3 is 2.32 bits per heavy atom. The van der Waals surface area contributed by atoms with Crippen molar-refractivity contribution in [3.8, 4) is 12.3 Å². The minimum absolute atomic E-state index is 0.117. The van der Waals surface area contributed by atoms with Crippen LogP contribution >= 0.6 is 11.8 Å². The zero-order valence-electron chi connectivity index (χ0n) is 15.7. The van der Waals surface area contributed by atoms with Gasteiger partial charge in [0.05, 0.1) is 6.61 Å². The molecule has 1 N–H and O–H groups in total. The first-order valence-electron chi connectivity index (χ1n) is 9.18. The minimum Gasteiger partial charge on any atom is -0.464 e. The Morgan fingerprint density at radius 1 is 1.08 bits per heavy atom. The van der Waals surface area contributed by atoms with Crippen LogP contribution in [0.1, 0.15) is 64.7 Å². The van der Waals surface area contributed by atoms with Gasteiger partial charge in [-0.15, -0.1) is 6.42 Å². The van der Waals surface area contributed by atoms with Crippen molar-refractivity contribution in [3.63, 3.8) is 0 Å². The molecule has 0 fully saturated rings. The van der Waals surface area contributed by atoms with E-state index >= 15 is 0 Å². The van der Waals surface area contributed by atoms with Crippen LogP contribution in [-0.4, -0.2) is 43.3 Å². The number of ether oxygens (including phenoxy) is 2. The van der Waals surface area contributed by atoms with Crippen LogP contribution in [0, 0.1) is 12.3 Å². The topological polar surface area (TPSA) is 64.6 Å². The molecule has 0 aromatic heterocycles. The summed E-state index contributed by atoms with van der Waals surface area (Å²) in [5.41, 5.74) is 0. The first-order valence-corrected chi connectivity index (χ1v) is 10.6. The molecule has 0 radical (unpaired) electrons. The Kier molecular flexibility index (Phi) is 16.5. The predicted molar refractivity (Wildman–Crippen MR) is 104 cm³/mol. The maximum Gasteiger partial charge on any atom is 0.408 e. The van der Waals surface area contributed by atoms with Gasteiger partial charge in [0.15, 0.2) is 6.61 Å². The Balaban J connectivity index is 3.93. The Bertz CT molecular complexity index is 395. The number of rotatable bonds is 15. The SMILES string of the molecule is C#CCOC(=O)NC(CCSC)C(=O)OCCCCCCCCCC. The van der Waals surface area contributed by atoms with E-state index in [1.165, 1.54) is 38.5 Å². The maximum absolute atomic E-state index is 12.1. The summed E-state index contributed by atoms with van der Waals surface area (Å²) in [6, 6.07) is -0.688. The van der Waals surface area contributed by atoms with E-state index in [1.54, 1.807) is 11.8 Å². The summed E-state index contributed by atoms with van der Waals surface area (Å²) in [6.07, 6.45) is 16.3. The molecule has 144 valence electrons. The molecule has 1 amide bonds. The largest absolute Gasteiger partial charge is 0.464 e. The van der Waals surface area contributed by atoms with Crippen molar-refractivity contribution in [1.29, 1.82) is 0 Å². The monoisotopic (exact) mass is 371 g/mol. The van der Waals surface area contributed by atoms with Gasteiger partial charge in [0, 0.05) is 0 Å². The fourth-order valence-corrected chi connectivity index (χ4v) is 2.76. The first kappa shape index (κ1) is 23.6. The zero-order chi connectivity index (χ0) is 18.8. The quantitative estimate of drug-likeness (QED) is 0.266. The smallest absolute Gasteiger partial charge is 0.408 e. The van der Waals surface area contributed by atoms with Crippen LogP contribution < -0.4 is 5.32 Å². The van der Waals surface area contributed by atoms with E-state index in [-0.39, 0.29) is 6.61 Å². The number of hydrogen-bond donors (Lipinski definition) is 1. The number of hydrogen-bond acceptors (Lipinski definition) is 5. The van der Waals surface area contributed by atoms with Gasteiger partial charge in [-0.25, -0.2) is 9.59 Å². The van der Waals surface area contributed by atoms with E-state index in [0.717, 1.165) is 18.6 Å². The van der Waals surface area contributed by atoms with E-state index in [0.29, 0.717) is 13.0 Å². The van der Waals surface area contributed by atoms with Gasteiger partial charge >= 0.3 is 12.1 Å². The number of nitrogens with one attached hydrogen (secondary N) is 1. The molecular weight excluding hydrogens is 338 g/mol. The van der Waals surface area contributed by atoms with Crippen molar-refractivity contribution >= 4 is 23.8 Å². The van der Waals surface area contributed by atoms with Gasteiger partial charge in [0.1, 0.15) is 6.04 Å². The van der Waals surface area contributed by atoms with Gasteiger partial charge in [-0.05, 0) is 24.9 Å². The molecule has 0 aliphatic rings. The molecular formula is C19H33NO4S. The summed E-state index contributed by atoms with van der Waals surface area (Å²) in [5, 5.41) is 2.52. The first-order chi connectivity index (χ1) is 12.2. The van der Waals surface area contributed by atoms with Gasteiger partial charge in [-0.1, -0.05) is 57.8 Å². The number of thioether (sulfide) groups is 1. The maximum atomic E-state index is 12.1. The van der Waals surface area contributed by atoms with E-state index in [4.69, 9.17) is 15.9 Å². The molecule has 25 heavy (non-hydrogen) atoms. The summed E-state index contributed by atoms with van der Waals surface area (Å²) in [5.74, 6) is 2.55. The van der Waals surface area contributed by atoms with Crippen molar-refractivity contribution in [1.82, 2.24) is 5.32 Å². The molecule has 0 spiro atoms. The van der Waals surface area contributed by atoms with Crippen LogP contribution in [-0.2, 0) is 14.3 Å². The molecule has 1 atom stereocenters. The lowest BCUT2D eigenvalue weighted by atomic mass is 10.1. The standard InChI is InChI=1S/C19H33NO4S/c1-4-6-7-8-9-10-11-12-15-23-18(21)17(13-16-25-3)20-19(22)24-14-5-2/h2,17H,4,6-16H2,1,3H3,(H,20,22). The molecule has 6 heteroatoms. The molecule has 0 aromatic carbocycles. The third-order valence-corrected chi connectivity index (χ3v) is 4.36. The molecule has 5 nitrogen and oxygen atoms in total. The van der Waals surface area contributed by atoms with Crippen molar-refractivity contribution in [2.24, 2.45) is 0 Å². The summed E-state index contributed by atoms with van der Waals surface area (Å²) in [6.45, 7) is 2.49. The Hall–Kier alpha value is -1.35. The second kappa shape index (κ2) is 17.5. The number of esters is 1. The van der Waals surface area contributed by atoms with Crippen molar-refractivity contribution in [2.75, 3.05) is 25.2 Å². The number of alkyl carbamates (subject to hydrolysis) is 1. The molecule has 0 saturated carbocycles. The van der Waals surface area contributed by atoms with Crippen LogP contribution in [0.3, 0.4) is 0 Å². The average molecular weight is 372 g/mol. The molecule has 1 unspecified atom stereocenters. The number of unbranched alkanes of at least 4 members (excludes halogenated alkanes) is 7. The lowest BCUT2D eigenvalue weighted by Crippen LogP contribution is -2.42. The molecule has 0 aromatic rings. The summed E-state index contributed by atoms with van der Waals surface area (Å²) in [7, 11) is 0. The highest BCUT2D eigenvalue weighted by atomic mass is 32.2. The zero-order valence-corrected chi connectivity index (χ0v) is 16.5. The number of carbonyl (C=O) groups is 2. The van der Waals surface area contributed by atoms with Crippen LogP contribution in [0.15, 0.2) is 0 Å². The number of carbonyl (C=O) groups excluding carboxylic acids is 2. The number of amides is 1. The normalized spacial score (nSPS) is 11.4. The lowest BCUT2D eigenvalue weighted by molar-refractivity contribution is -0.146. The lowest BCUT2D eigenvalue weighted by Gasteiger charge is -2.16. The van der Waals surface area contributed by atoms with Crippen molar-refractivity contribution in [3.05, 3.63) is 0 Å². The summed E-state index contributed by atoms with van der Waals surface area (Å²) < 4.78 is 10.0. The fraction of sp³-hybridized carbons (Fsp3) is 0.789. The predicted octanol–water partition coefficient (Wildman–Crippen LogP) is 4.15. The Labute approximate surface area is 157 Å². The van der Waals surface area contributed by atoms with Crippen molar-refractivity contribution in [2.45, 2.75) is 70.8 Å². The third kappa shape index (κ3) is 14.7. The van der Waals surface area contributed by atoms with E-state index in [9.17, 15) is 9.59 Å². The molecule has 0 rings (SSSR count). The van der Waals surface area contributed by atoms with Gasteiger partial charge in [0.2, 0.25) is 0 Å². The highest BCUT2D eigenvalue weighted by Gasteiger charge is 2.22. The van der Waals surface area contributed by atoms with E-state index in [2.05, 4.69) is 18.2 Å². The molecule has 0 aliphatic heterocycles. The summed E-state index contributed by atoms with van der Waals surface area (Å²) in [4.78, 5) is 23.7. The van der Waals surface area contributed by atoms with Gasteiger partial charge in [-0.3, -0.25) is 0 Å². The minimum atomic E-state index is -0.688.